The zero-order chi connectivity index (χ0) is 15.7. The highest BCUT2D eigenvalue weighted by atomic mass is 35.5. The number of rotatable bonds is 3. The number of halogens is 7. The van der Waals surface area contributed by atoms with Gasteiger partial charge < -0.3 is 5.73 Å². The van der Waals surface area contributed by atoms with Crippen LogP contribution in [0.25, 0.3) is 0 Å². The highest BCUT2D eigenvalue weighted by Crippen LogP contribution is 2.37. The first-order valence-corrected chi connectivity index (χ1v) is 5.96. The maximum absolute atomic E-state index is 12.7. The molecule has 21 heavy (non-hydrogen) atoms. The maximum atomic E-state index is 12.7. The lowest BCUT2D eigenvalue weighted by atomic mass is 9.94. The van der Waals surface area contributed by atoms with Crippen LogP contribution in [0.2, 0.25) is 0 Å². The average molecular weight is 336 g/mol. The van der Waals surface area contributed by atoms with Gasteiger partial charge in [0.05, 0.1) is 11.1 Å². The van der Waals surface area contributed by atoms with Gasteiger partial charge in [-0.2, -0.15) is 26.3 Å². The molecule has 2 N–H and O–H groups in total. The molecule has 0 aliphatic heterocycles. The van der Waals surface area contributed by atoms with E-state index in [1.165, 1.54) is 0 Å². The zero-order valence-corrected chi connectivity index (χ0v) is 12.2. The Hall–Kier alpha value is -0.950. The molecule has 1 nitrogen and oxygen atoms in total. The van der Waals surface area contributed by atoms with E-state index in [9.17, 15) is 26.3 Å². The minimum atomic E-state index is -4.84. The van der Waals surface area contributed by atoms with Gasteiger partial charge in [0, 0.05) is 6.04 Å². The second-order valence-corrected chi connectivity index (χ2v) is 5.08. The van der Waals surface area contributed by atoms with Crippen molar-refractivity contribution in [2.75, 3.05) is 0 Å². The van der Waals surface area contributed by atoms with Crippen molar-refractivity contribution in [1.29, 1.82) is 0 Å². The van der Waals surface area contributed by atoms with Crippen LogP contribution in [0.3, 0.4) is 0 Å². The fourth-order valence-electron chi connectivity index (χ4n) is 1.84. The Balaban J connectivity index is 0.00000400. The van der Waals surface area contributed by atoms with Crippen LogP contribution in [0.5, 0.6) is 0 Å². The highest BCUT2D eigenvalue weighted by molar-refractivity contribution is 5.85. The first-order valence-electron chi connectivity index (χ1n) is 5.96. The van der Waals surface area contributed by atoms with Gasteiger partial charge in [-0.25, -0.2) is 0 Å². The lowest BCUT2D eigenvalue weighted by Crippen LogP contribution is -2.17. The number of alkyl halides is 6. The Bertz CT molecular complexity index is 434. The van der Waals surface area contributed by atoms with E-state index in [1.54, 1.807) is 13.8 Å². The van der Waals surface area contributed by atoms with Gasteiger partial charge in [-0.15, -0.1) is 12.4 Å². The Labute approximate surface area is 124 Å². The summed E-state index contributed by atoms with van der Waals surface area (Å²) in [6, 6.07) is 0.606. The molecular weight excluding hydrogens is 320 g/mol. The van der Waals surface area contributed by atoms with E-state index in [1.807, 2.05) is 0 Å². The van der Waals surface area contributed by atoms with Gasteiger partial charge >= 0.3 is 12.4 Å². The van der Waals surface area contributed by atoms with E-state index in [2.05, 4.69) is 0 Å². The molecule has 0 saturated heterocycles. The maximum Gasteiger partial charge on any atom is 0.416 e. The summed E-state index contributed by atoms with van der Waals surface area (Å²) in [5.41, 5.74) is 2.87. The molecule has 1 aromatic rings. The predicted octanol–water partition coefficient (Wildman–Crippen LogP) is 5.19. The van der Waals surface area contributed by atoms with Crippen LogP contribution in [0.1, 0.15) is 43.0 Å². The molecule has 0 aromatic heterocycles. The van der Waals surface area contributed by atoms with E-state index in [4.69, 9.17) is 5.73 Å². The van der Waals surface area contributed by atoms with Crippen LogP contribution in [-0.4, -0.2) is 0 Å². The summed E-state index contributed by atoms with van der Waals surface area (Å²) < 4.78 is 75.9. The molecule has 1 aromatic carbocycles. The molecule has 1 rings (SSSR count). The molecule has 0 aliphatic carbocycles. The third kappa shape index (κ3) is 5.74. The van der Waals surface area contributed by atoms with Gasteiger partial charge in [-0.05, 0) is 36.1 Å². The van der Waals surface area contributed by atoms with Crippen LogP contribution < -0.4 is 5.73 Å². The van der Waals surface area contributed by atoms with Gasteiger partial charge in [-0.1, -0.05) is 13.8 Å². The Morgan fingerprint density at radius 2 is 1.29 bits per heavy atom. The van der Waals surface area contributed by atoms with Crippen LogP contribution in [-0.2, 0) is 12.4 Å². The molecule has 122 valence electrons. The molecule has 0 unspecified atom stereocenters. The number of hydrogen-bond donors (Lipinski definition) is 1. The van der Waals surface area contributed by atoms with Crippen molar-refractivity contribution < 1.29 is 26.3 Å². The second kappa shape index (κ2) is 6.87. The van der Waals surface area contributed by atoms with Crippen LogP contribution >= 0.6 is 12.4 Å². The predicted molar refractivity (Wildman–Crippen MR) is 70.1 cm³/mol. The normalized spacial score (nSPS) is 14.0. The average Bonchev–Trinajstić information content (AvgIpc) is 2.25. The number of nitrogens with two attached hydrogens (primary N) is 1. The van der Waals surface area contributed by atoms with Crippen LogP contribution in [0.4, 0.5) is 26.3 Å². The minimum Gasteiger partial charge on any atom is -0.324 e. The first kappa shape index (κ1) is 20.1. The molecule has 0 heterocycles. The molecule has 0 amide bonds. The van der Waals surface area contributed by atoms with Crippen molar-refractivity contribution in [2.45, 2.75) is 38.7 Å². The van der Waals surface area contributed by atoms with Crippen molar-refractivity contribution in [3.05, 3.63) is 34.9 Å². The lowest BCUT2D eigenvalue weighted by Gasteiger charge is -2.19. The van der Waals surface area contributed by atoms with Crippen molar-refractivity contribution in [3.63, 3.8) is 0 Å². The molecule has 0 spiro atoms. The molecule has 0 bridgehead atoms. The highest BCUT2D eigenvalue weighted by Gasteiger charge is 2.37. The van der Waals surface area contributed by atoms with Gasteiger partial charge in [-0.3, -0.25) is 0 Å². The third-order valence-electron chi connectivity index (χ3n) is 2.76. The van der Waals surface area contributed by atoms with E-state index in [-0.39, 0.29) is 30.0 Å². The van der Waals surface area contributed by atoms with Gasteiger partial charge in [0.1, 0.15) is 0 Å². The first-order chi connectivity index (χ1) is 8.91. The van der Waals surface area contributed by atoms with E-state index >= 15 is 0 Å². The Morgan fingerprint density at radius 3 is 1.57 bits per heavy atom. The van der Waals surface area contributed by atoms with E-state index in [0.29, 0.717) is 18.6 Å². The number of benzene rings is 1. The summed E-state index contributed by atoms with van der Waals surface area (Å²) in [7, 11) is 0. The van der Waals surface area contributed by atoms with Crippen molar-refractivity contribution in [1.82, 2.24) is 0 Å². The third-order valence-corrected chi connectivity index (χ3v) is 2.76. The van der Waals surface area contributed by atoms with Crippen molar-refractivity contribution in [3.8, 4) is 0 Å². The molecule has 0 aliphatic rings. The summed E-state index contributed by atoms with van der Waals surface area (Å²) in [4.78, 5) is 0. The molecule has 1 atom stereocenters. The van der Waals surface area contributed by atoms with Crippen LogP contribution in [0.15, 0.2) is 18.2 Å². The van der Waals surface area contributed by atoms with Gasteiger partial charge in [0.2, 0.25) is 0 Å². The molecule has 8 heteroatoms. The molecule has 0 saturated carbocycles. The largest absolute Gasteiger partial charge is 0.416 e. The smallest absolute Gasteiger partial charge is 0.324 e. The SMILES string of the molecule is CC(C)C[C@@H](N)c1cc(C(F)(F)F)cc(C(F)(F)F)c1.Cl. The Morgan fingerprint density at radius 1 is 0.905 bits per heavy atom. The fourth-order valence-corrected chi connectivity index (χ4v) is 1.84. The summed E-state index contributed by atoms with van der Waals surface area (Å²) in [6.07, 6.45) is -9.38. The summed E-state index contributed by atoms with van der Waals surface area (Å²) in [5.74, 6) is 0.0638. The quantitative estimate of drug-likeness (QED) is 0.756. The number of hydrogen-bond acceptors (Lipinski definition) is 1. The van der Waals surface area contributed by atoms with Gasteiger partial charge in [0.25, 0.3) is 0 Å². The molecule has 0 fully saturated rings. The topological polar surface area (TPSA) is 26.0 Å². The van der Waals surface area contributed by atoms with Crippen molar-refractivity contribution in [2.24, 2.45) is 11.7 Å². The molecule has 0 radical (unpaired) electrons. The second-order valence-electron chi connectivity index (χ2n) is 5.08. The summed E-state index contributed by atoms with van der Waals surface area (Å²) >= 11 is 0. The van der Waals surface area contributed by atoms with E-state index in [0.717, 1.165) is 0 Å². The van der Waals surface area contributed by atoms with Crippen LogP contribution in [0, 0.1) is 5.92 Å². The van der Waals surface area contributed by atoms with Gasteiger partial charge in [0.15, 0.2) is 0 Å². The summed E-state index contributed by atoms with van der Waals surface area (Å²) in [5, 5.41) is 0. The minimum absolute atomic E-state index is 0. The lowest BCUT2D eigenvalue weighted by molar-refractivity contribution is -0.143. The fraction of sp³-hybridized carbons (Fsp3) is 0.538. The summed E-state index contributed by atoms with van der Waals surface area (Å²) in [6.45, 7) is 3.58. The van der Waals surface area contributed by atoms with E-state index < -0.39 is 29.5 Å². The monoisotopic (exact) mass is 335 g/mol. The zero-order valence-electron chi connectivity index (χ0n) is 11.3. The van der Waals surface area contributed by atoms with Crippen molar-refractivity contribution >= 4 is 12.4 Å². The Kier molecular flexibility index (Phi) is 6.56. The molecular formula is C13H16ClF6N. The standard InChI is InChI=1S/C13H15F6N.ClH/c1-7(2)3-11(20)8-4-9(12(14,15)16)6-10(5-8)13(17,18)19;/h4-7,11H,3,20H2,1-2H3;1H/t11-;/m1./s1.